The molecule has 0 fully saturated rings. The number of hydrogen-bond donors (Lipinski definition) is 1. The van der Waals surface area contributed by atoms with Crippen LogP contribution >= 0.6 is 0 Å². The average Bonchev–Trinajstić information content (AvgIpc) is 2.54. The van der Waals surface area contributed by atoms with E-state index in [1.165, 1.54) is 10.9 Å². The summed E-state index contributed by atoms with van der Waals surface area (Å²) in [6, 6.07) is 10.7. The quantitative estimate of drug-likeness (QED) is 0.793. The van der Waals surface area contributed by atoms with Gasteiger partial charge in [0.15, 0.2) is 0 Å². The fraction of sp³-hybridized carbons (Fsp3) is 0.500. The van der Waals surface area contributed by atoms with Crippen LogP contribution in [0.25, 0.3) is 10.9 Å². The Balaban J connectivity index is 2.32. The molecule has 3 heteroatoms. The Hall–Kier alpha value is -1.45. The van der Waals surface area contributed by atoms with Crippen molar-refractivity contribution in [1.29, 1.82) is 0 Å². The molecule has 2 atom stereocenters. The largest absolute Gasteiger partial charge is 0.379 e. The highest BCUT2D eigenvalue weighted by Crippen LogP contribution is 2.24. The Kier molecular flexibility index (Phi) is 6.15. The van der Waals surface area contributed by atoms with Crippen molar-refractivity contribution in [2.75, 3.05) is 13.7 Å². The standard InChI is InChI=1S/C18H26N2O/c1-4-8-17(21-3)18(19-11-5-2)15-12-14-9-6-7-10-16(14)20-13-15/h6-7,9-10,12-13,17-19H,4-5,8,11H2,1-3H3. The first-order valence-electron chi connectivity index (χ1n) is 7.91. The molecule has 1 aromatic heterocycles. The number of para-hydroxylation sites is 1. The van der Waals surface area contributed by atoms with Gasteiger partial charge in [0, 0.05) is 18.7 Å². The zero-order chi connectivity index (χ0) is 15.1. The molecule has 1 aromatic carbocycles. The number of nitrogens with zero attached hydrogens (tertiary/aromatic N) is 1. The second-order valence-corrected chi connectivity index (χ2v) is 5.46. The number of fused-ring (bicyclic) bond motifs is 1. The van der Waals surface area contributed by atoms with Gasteiger partial charge in [0.05, 0.1) is 17.7 Å². The van der Waals surface area contributed by atoms with Gasteiger partial charge in [-0.1, -0.05) is 38.5 Å². The third kappa shape index (κ3) is 4.02. The summed E-state index contributed by atoms with van der Waals surface area (Å²) in [5.74, 6) is 0. The van der Waals surface area contributed by atoms with E-state index in [0.717, 1.165) is 31.3 Å². The van der Waals surface area contributed by atoms with E-state index in [4.69, 9.17) is 4.74 Å². The van der Waals surface area contributed by atoms with Crippen molar-refractivity contribution < 1.29 is 4.74 Å². The summed E-state index contributed by atoms with van der Waals surface area (Å²) in [6.07, 6.45) is 5.44. The van der Waals surface area contributed by atoms with E-state index >= 15 is 0 Å². The first-order valence-corrected chi connectivity index (χ1v) is 7.91. The summed E-state index contributed by atoms with van der Waals surface area (Å²) in [5, 5.41) is 4.81. The summed E-state index contributed by atoms with van der Waals surface area (Å²) in [6.45, 7) is 5.37. The molecule has 0 radical (unpaired) electrons. The molecule has 0 amide bonds. The minimum absolute atomic E-state index is 0.185. The van der Waals surface area contributed by atoms with E-state index in [2.05, 4.69) is 42.3 Å². The van der Waals surface area contributed by atoms with Crippen molar-refractivity contribution in [3.63, 3.8) is 0 Å². The molecule has 1 heterocycles. The van der Waals surface area contributed by atoms with Gasteiger partial charge in [-0.25, -0.2) is 0 Å². The van der Waals surface area contributed by atoms with Crippen molar-refractivity contribution >= 4 is 10.9 Å². The van der Waals surface area contributed by atoms with Gasteiger partial charge in [-0.2, -0.15) is 0 Å². The predicted octanol–water partition coefficient (Wildman–Crippen LogP) is 4.09. The molecule has 2 aromatic rings. The van der Waals surface area contributed by atoms with Crippen molar-refractivity contribution in [3.05, 3.63) is 42.1 Å². The third-order valence-corrected chi connectivity index (χ3v) is 3.83. The molecule has 114 valence electrons. The Morgan fingerprint density at radius 2 is 2.00 bits per heavy atom. The van der Waals surface area contributed by atoms with Crippen LogP contribution in [-0.2, 0) is 4.74 Å². The van der Waals surface area contributed by atoms with E-state index in [1.54, 1.807) is 7.11 Å². The second-order valence-electron chi connectivity index (χ2n) is 5.46. The number of aromatic nitrogens is 1. The van der Waals surface area contributed by atoms with Gasteiger partial charge in [0.25, 0.3) is 0 Å². The molecule has 0 aliphatic rings. The summed E-state index contributed by atoms with van der Waals surface area (Å²) in [4.78, 5) is 4.59. The highest BCUT2D eigenvalue weighted by molar-refractivity contribution is 5.78. The lowest BCUT2D eigenvalue weighted by molar-refractivity contribution is 0.0605. The normalized spacial score (nSPS) is 14.2. The van der Waals surface area contributed by atoms with Gasteiger partial charge in [-0.05, 0) is 37.1 Å². The van der Waals surface area contributed by atoms with Crippen molar-refractivity contribution in [3.8, 4) is 0 Å². The zero-order valence-corrected chi connectivity index (χ0v) is 13.3. The fourth-order valence-electron chi connectivity index (χ4n) is 2.73. The molecule has 2 rings (SSSR count). The van der Waals surface area contributed by atoms with Crippen LogP contribution < -0.4 is 5.32 Å². The summed E-state index contributed by atoms with van der Waals surface area (Å²) >= 11 is 0. The number of benzene rings is 1. The van der Waals surface area contributed by atoms with Crippen LogP contribution in [0.2, 0.25) is 0 Å². The van der Waals surface area contributed by atoms with Crippen molar-refractivity contribution in [2.24, 2.45) is 0 Å². The van der Waals surface area contributed by atoms with Gasteiger partial charge in [0.2, 0.25) is 0 Å². The van der Waals surface area contributed by atoms with Crippen LogP contribution in [0.1, 0.15) is 44.7 Å². The summed E-state index contributed by atoms with van der Waals surface area (Å²) in [5.41, 5.74) is 2.25. The maximum atomic E-state index is 5.73. The molecule has 0 saturated carbocycles. The third-order valence-electron chi connectivity index (χ3n) is 3.83. The number of ether oxygens (including phenoxy) is 1. The molecule has 0 saturated heterocycles. The molecule has 2 unspecified atom stereocenters. The molecule has 0 spiro atoms. The molecule has 1 N–H and O–H groups in total. The molecule has 0 bridgehead atoms. The minimum atomic E-state index is 0.185. The number of methoxy groups -OCH3 is 1. The van der Waals surface area contributed by atoms with E-state index < -0.39 is 0 Å². The highest BCUT2D eigenvalue weighted by atomic mass is 16.5. The van der Waals surface area contributed by atoms with Gasteiger partial charge in [0.1, 0.15) is 0 Å². The topological polar surface area (TPSA) is 34.2 Å². The zero-order valence-electron chi connectivity index (χ0n) is 13.3. The Morgan fingerprint density at radius 3 is 2.71 bits per heavy atom. The first-order chi connectivity index (χ1) is 10.3. The van der Waals surface area contributed by atoms with E-state index in [1.807, 2.05) is 18.3 Å². The number of rotatable bonds is 8. The molecule has 0 aliphatic carbocycles. The lowest BCUT2D eigenvalue weighted by Gasteiger charge is -2.27. The number of pyridine rings is 1. The van der Waals surface area contributed by atoms with Crippen molar-refractivity contribution in [1.82, 2.24) is 10.3 Å². The Bertz CT molecular complexity index is 556. The SMILES string of the molecule is CCCNC(c1cnc2ccccc2c1)C(CCC)OC. The van der Waals surface area contributed by atoms with Crippen LogP contribution in [0.4, 0.5) is 0 Å². The molecular weight excluding hydrogens is 260 g/mol. The molecule has 3 nitrogen and oxygen atoms in total. The smallest absolute Gasteiger partial charge is 0.0766 e. The fourth-order valence-corrected chi connectivity index (χ4v) is 2.73. The van der Waals surface area contributed by atoms with Gasteiger partial charge in [-0.15, -0.1) is 0 Å². The van der Waals surface area contributed by atoms with Crippen molar-refractivity contribution in [2.45, 2.75) is 45.3 Å². The first kappa shape index (κ1) is 15.9. The maximum Gasteiger partial charge on any atom is 0.0766 e. The van der Waals surface area contributed by atoms with Gasteiger partial charge >= 0.3 is 0 Å². The predicted molar refractivity (Wildman–Crippen MR) is 88.5 cm³/mol. The highest BCUT2D eigenvalue weighted by Gasteiger charge is 2.22. The van der Waals surface area contributed by atoms with Gasteiger partial charge < -0.3 is 10.1 Å². The number of nitrogens with one attached hydrogen (secondary N) is 1. The Labute approximate surface area is 127 Å². The van der Waals surface area contributed by atoms with Crippen LogP contribution in [-0.4, -0.2) is 24.7 Å². The monoisotopic (exact) mass is 286 g/mol. The second kappa shape index (κ2) is 8.11. The van der Waals surface area contributed by atoms with E-state index in [0.29, 0.717) is 0 Å². The van der Waals surface area contributed by atoms with Crippen LogP contribution in [0.15, 0.2) is 36.5 Å². The number of hydrogen-bond acceptors (Lipinski definition) is 3. The molecule has 0 aliphatic heterocycles. The van der Waals surface area contributed by atoms with Crippen LogP contribution in [0.5, 0.6) is 0 Å². The maximum absolute atomic E-state index is 5.73. The summed E-state index contributed by atoms with van der Waals surface area (Å²) in [7, 11) is 1.80. The lowest BCUT2D eigenvalue weighted by Crippen LogP contribution is -2.34. The van der Waals surface area contributed by atoms with E-state index in [-0.39, 0.29) is 12.1 Å². The van der Waals surface area contributed by atoms with Crippen LogP contribution in [0.3, 0.4) is 0 Å². The van der Waals surface area contributed by atoms with Gasteiger partial charge in [-0.3, -0.25) is 4.98 Å². The average molecular weight is 286 g/mol. The van der Waals surface area contributed by atoms with E-state index in [9.17, 15) is 0 Å². The molecular formula is C18H26N2O. The molecule has 21 heavy (non-hydrogen) atoms. The van der Waals surface area contributed by atoms with Crippen LogP contribution in [0, 0.1) is 0 Å². The Morgan fingerprint density at radius 1 is 1.19 bits per heavy atom. The lowest BCUT2D eigenvalue weighted by atomic mass is 9.98. The minimum Gasteiger partial charge on any atom is -0.379 e. The summed E-state index contributed by atoms with van der Waals surface area (Å²) < 4.78 is 5.73.